The largest absolute Gasteiger partial charge is 0.246 e. The van der Waals surface area contributed by atoms with Crippen molar-refractivity contribution in [3.63, 3.8) is 0 Å². The lowest BCUT2D eigenvalue weighted by Gasteiger charge is -2.27. The van der Waals surface area contributed by atoms with Gasteiger partial charge in [-0.15, -0.1) is 11.6 Å². The molecule has 0 saturated carbocycles. The summed E-state index contributed by atoms with van der Waals surface area (Å²) in [5.41, 5.74) is 0.100. The Labute approximate surface area is 135 Å². The molecule has 3 nitrogen and oxygen atoms in total. The summed E-state index contributed by atoms with van der Waals surface area (Å²) >= 11 is 11.6. The van der Waals surface area contributed by atoms with Crippen molar-refractivity contribution in [1.29, 1.82) is 0 Å². The van der Waals surface area contributed by atoms with Gasteiger partial charge >= 0.3 is 0 Å². The van der Waals surface area contributed by atoms with Crippen molar-refractivity contribution in [3.8, 4) is 0 Å². The molecule has 0 amide bonds. The summed E-state index contributed by atoms with van der Waals surface area (Å²) in [7, 11) is -3.90. The van der Waals surface area contributed by atoms with E-state index in [2.05, 4.69) is 0 Å². The number of halogens is 3. The summed E-state index contributed by atoms with van der Waals surface area (Å²) < 4.78 is 41.3. The number of rotatable bonds is 4. The van der Waals surface area contributed by atoms with E-state index in [0.717, 1.165) is 18.9 Å². The average molecular weight is 354 g/mol. The van der Waals surface area contributed by atoms with Crippen LogP contribution in [0.2, 0.25) is 5.02 Å². The third-order valence-electron chi connectivity index (χ3n) is 3.83. The second kappa shape index (κ2) is 6.41. The average Bonchev–Trinajstić information content (AvgIpc) is 2.91. The molecule has 0 radical (unpaired) electrons. The Hall–Kier alpha value is -0.360. The molecular formula is C14H18Cl2FNO2S. The van der Waals surface area contributed by atoms with E-state index in [-0.39, 0.29) is 33.3 Å². The minimum absolute atomic E-state index is 0.100. The summed E-state index contributed by atoms with van der Waals surface area (Å²) in [4.78, 5) is -0.377. The molecule has 1 unspecified atom stereocenters. The number of nitrogens with zero attached hydrogens (tertiary/aromatic N) is 1. The van der Waals surface area contributed by atoms with Crippen LogP contribution < -0.4 is 0 Å². The minimum atomic E-state index is -3.90. The first-order chi connectivity index (χ1) is 9.78. The van der Waals surface area contributed by atoms with Gasteiger partial charge in [0, 0.05) is 23.2 Å². The fourth-order valence-corrected chi connectivity index (χ4v) is 5.22. The highest BCUT2D eigenvalue weighted by Gasteiger charge is 2.38. The number of alkyl halides is 1. The standard InChI is InChI=1S/C14H18Cl2FNO2S/c1-9(2)12-4-3-5-18(12)21(19,20)13-7-11(16)6-10(8-15)14(13)17/h6-7,9,12H,3-5,8H2,1-2H3. The van der Waals surface area contributed by atoms with Crippen LogP contribution in [0.1, 0.15) is 32.3 Å². The van der Waals surface area contributed by atoms with Crippen molar-refractivity contribution in [3.05, 3.63) is 28.5 Å². The molecule has 21 heavy (non-hydrogen) atoms. The lowest BCUT2D eigenvalue weighted by Crippen LogP contribution is -2.38. The quantitative estimate of drug-likeness (QED) is 0.766. The highest BCUT2D eigenvalue weighted by Crippen LogP contribution is 2.33. The smallest absolute Gasteiger partial charge is 0.207 e. The van der Waals surface area contributed by atoms with Crippen LogP contribution >= 0.6 is 23.2 Å². The van der Waals surface area contributed by atoms with Crippen molar-refractivity contribution in [2.24, 2.45) is 5.92 Å². The zero-order valence-electron chi connectivity index (χ0n) is 11.9. The molecule has 1 atom stereocenters. The maximum atomic E-state index is 14.4. The van der Waals surface area contributed by atoms with Crippen LogP contribution in [0, 0.1) is 11.7 Å². The Balaban J connectivity index is 2.52. The molecule has 1 aliphatic heterocycles. The Bertz CT molecular complexity index is 634. The maximum Gasteiger partial charge on any atom is 0.246 e. The van der Waals surface area contributed by atoms with E-state index in [1.54, 1.807) is 0 Å². The molecule has 1 aromatic rings. The third-order valence-corrected chi connectivity index (χ3v) is 6.26. The molecule has 7 heteroatoms. The molecule has 0 aliphatic carbocycles. The summed E-state index contributed by atoms with van der Waals surface area (Å²) in [5.74, 6) is -0.747. The van der Waals surface area contributed by atoms with Crippen molar-refractivity contribution in [2.45, 2.75) is 43.5 Å². The molecular weight excluding hydrogens is 336 g/mol. The second-order valence-corrected chi connectivity index (χ2v) is 8.14. The van der Waals surface area contributed by atoms with Crippen molar-refractivity contribution in [2.75, 3.05) is 6.54 Å². The maximum absolute atomic E-state index is 14.4. The molecule has 0 spiro atoms. The van der Waals surface area contributed by atoms with Crippen LogP contribution in [0.25, 0.3) is 0 Å². The number of benzene rings is 1. The Morgan fingerprint density at radius 2 is 2.10 bits per heavy atom. The topological polar surface area (TPSA) is 37.4 Å². The highest BCUT2D eigenvalue weighted by molar-refractivity contribution is 7.89. The lowest BCUT2D eigenvalue weighted by atomic mass is 10.0. The summed E-state index contributed by atoms with van der Waals surface area (Å²) in [6, 6.07) is 2.41. The van der Waals surface area contributed by atoms with Gasteiger partial charge in [0.15, 0.2) is 0 Å². The van der Waals surface area contributed by atoms with E-state index in [9.17, 15) is 12.8 Å². The normalized spacial score (nSPS) is 20.4. The third kappa shape index (κ3) is 3.21. The van der Waals surface area contributed by atoms with Crippen LogP contribution in [0.15, 0.2) is 17.0 Å². The van der Waals surface area contributed by atoms with Gasteiger partial charge in [-0.3, -0.25) is 0 Å². The molecule has 0 aromatic heterocycles. The summed E-state index contributed by atoms with van der Waals surface area (Å²) in [5, 5.41) is 0.172. The van der Waals surface area contributed by atoms with Gasteiger partial charge < -0.3 is 0 Å². The Morgan fingerprint density at radius 3 is 2.67 bits per heavy atom. The van der Waals surface area contributed by atoms with Gasteiger partial charge in [0.2, 0.25) is 10.0 Å². The minimum Gasteiger partial charge on any atom is -0.207 e. The number of hydrogen-bond donors (Lipinski definition) is 0. The molecule has 1 aromatic carbocycles. The van der Waals surface area contributed by atoms with Crippen molar-refractivity contribution >= 4 is 33.2 Å². The van der Waals surface area contributed by atoms with Gasteiger partial charge in [-0.1, -0.05) is 25.4 Å². The van der Waals surface area contributed by atoms with E-state index < -0.39 is 15.8 Å². The monoisotopic (exact) mass is 353 g/mol. The first kappa shape index (κ1) is 17.0. The van der Waals surface area contributed by atoms with Gasteiger partial charge in [-0.2, -0.15) is 4.31 Å². The van der Waals surface area contributed by atoms with E-state index in [4.69, 9.17) is 23.2 Å². The predicted octanol–water partition coefficient (Wildman–Crippen LogP) is 4.03. The molecule has 1 aliphatic rings. The van der Waals surface area contributed by atoms with Crippen LogP contribution in [0.3, 0.4) is 0 Å². The van der Waals surface area contributed by atoms with E-state index in [1.807, 2.05) is 13.8 Å². The molecule has 0 bridgehead atoms. The lowest BCUT2D eigenvalue weighted by molar-refractivity contribution is 0.314. The Kier molecular flexibility index (Phi) is 5.19. The van der Waals surface area contributed by atoms with Crippen LogP contribution in [-0.2, 0) is 15.9 Å². The van der Waals surface area contributed by atoms with E-state index in [1.165, 1.54) is 10.4 Å². The predicted molar refractivity (Wildman–Crippen MR) is 82.7 cm³/mol. The van der Waals surface area contributed by atoms with Gasteiger partial charge in [-0.25, -0.2) is 12.8 Å². The van der Waals surface area contributed by atoms with E-state index in [0.29, 0.717) is 6.54 Å². The molecule has 1 heterocycles. The van der Waals surface area contributed by atoms with Gasteiger partial charge in [0.25, 0.3) is 0 Å². The van der Waals surface area contributed by atoms with Crippen LogP contribution in [0.5, 0.6) is 0 Å². The fourth-order valence-electron chi connectivity index (χ4n) is 2.76. The first-order valence-electron chi connectivity index (χ1n) is 6.84. The van der Waals surface area contributed by atoms with Gasteiger partial charge in [0.05, 0.1) is 5.88 Å². The van der Waals surface area contributed by atoms with Gasteiger partial charge in [0.1, 0.15) is 10.7 Å². The number of sulfonamides is 1. The molecule has 1 fully saturated rings. The molecule has 1 saturated heterocycles. The van der Waals surface area contributed by atoms with Crippen molar-refractivity contribution < 1.29 is 12.8 Å². The van der Waals surface area contributed by atoms with Crippen LogP contribution in [-0.4, -0.2) is 25.3 Å². The van der Waals surface area contributed by atoms with Crippen molar-refractivity contribution in [1.82, 2.24) is 4.31 Å². The van der Waals surface area contributed by atoms with Crippen LogP contribution in [0.4, 0.5) is 4.39 Å². The van der Waals surface area contributed by atoms with E-state index >= 15 is 0 Å². The number of hydrogen-bond acceptors (Lipinski definition) is 2. The first-order valence-corrected chi connectivity index (χ1v) is 9.20. The highest BCUT2D eigenvalue weighted by atomic mass is 35.5. The zero-order valence-corrected chi connectivity index (χ0v) is 14.3. The zero-order chi connectivity index (χ0) is 15.8. The van der Waals surface area contributed by atoms with Gasteiger partial charge in [-0.05, 0) is 30.9 Å². The molecule has 2 rings (SSSR count). The Morgan fingerprint density at radius 1 is 1.43 bits per heavy atom. The summed E-state index contributed by atoms with van der Waals surface area (Å²) in [6.45, 7) is 4.35. The fraction of sp³-hybridized carbons (Fsp3) is 0.571. The SMILES string of the molecule is CC(C)C1CCCN1S(=O)(=O)c1cc(Cl)cc(CCl)c1F. The molecule has 118 valence electrons. The second-order valence-electron chi connectivity index (χ2n) is 5.58. The summed E-state index contributed by atoms with van der Waals surface area (Å²) in [6.07, 6.45) is 1.58. The molecule has 0 N–H and O–H groups in total.